The molecule has 0 saturated carbocycles. The molecule has 0 aromatic heterocycles. The normalized spacial score (nSPS) is 21.4. The number of carbonyl (C=O) groups is 1. The lowest BCUT2D eigenvalue weighted by Crippen LogP contribution is -2.50. The molecule has 1 fully saturated rings. The van der Waals surface area contributed by atoms with E-state index in [2.05, 4.69) is 47.1 Å². The smallest absolute Gasteiger partial charge is 0.241 e. The van der Waals surface area contributed by atoms with Crippen LogP contribution in [-0.2, 0) is 17.8 Å². The minimum Gasteiger partial charge on any atom is -0.454 e. The maximum Gasteiger partial charge on any atom is 0.241 e. The van der Waals surface area contributed by atoms with E-state index in [-0.39, 0.29) is 11.9 Å². The van der Waals surface area contributed by atoms with Crippen LogP contribution in [0.1, 0.15) is 18.1 Å². The third-order valence-corrected chi connectivity index (χ3v) is 6.14. The molecule has 6 nitrogen and oxygen atoms in total. The summed E-state index contributed by atoms with van der Waals surface area (Å²) in [6.45, 7) is 7.61. The third-order valence-electron chi connectivity index (χ3n) is 6.14. The second kappa shape index (κ2) is 7.69. The van der Waals surface area contributed by atoms with Crippen molar-refractivity contribution in [2.75, 3.05) is 44.4 Å². The van der Waals surface area contributed by atoms with Crippen molar-refractivity contribution < 1.29 is 14.3 Å². The van der Waals surface area contributed by atoms with Gasteiger partial charge in [0, 0.05) is 44.5 Å². The van der Waals surface area contributed by atoms with Gasteiger partial charge in [0.05, 0.1) is 6.54 Å². The van der Waals surface area contributed by atoms with Crippen LogP contribution in [0.5, 0.6) is 11.5 Å². The number of hydrogen-bond acceptors (Lipinski definition) is 5. The minimum atomic E-state index is 0.215. The second-order valence-electron chi connectivity index (χ2n) is 8.19. The third kappa shape index (κ3) is 3.70. The molecule has 2 aromatic carbocycles. The van der Waals surface area contributed by atoms with Crippen LogP contribution < -0.4 is 14.4 Å². The topological polar surface area (TPSA) is 45.3 Å². The van der Waals surface area contributed by atoms with Crippen molar-refractivity contribution in [1.29, 1.82) is 0 Å². The molecule has 0 aliphatic carbocycles. The molecule has 0 spiro atoms. The van der Waals surface area contributed by atoms with Gasteiger partial charge in [0.1, 0.15) is 0 Å². The van der Waals surface area contributed by atoms with Crippen molar-refractivity contribution in [2.24, 2.45) is 0 Å². The zero-order valence-electron chi connectivity index (χ0n) is 16.8. The molecule has 3 aliphatic rings. The molecule has 29 heavy (non-hydrogen) atoms. The summed E-state index contributed by atoms with van der Waals surface area (Å²) in [6, 6.07) is 14.7. The van der Waals surface area contributed by atoms with Crippen molar-refractivity contribution in [3.63, 3.8) is 0 Å². The van der Waals surface area contributed by atoms with Crippen molar-refractivity contribution >= 4 is 11.6 Å². The predicted molar refractivity (Wildman–Crippen MR) is 111 cm³/mol. The van der Waals surface area contributed by atoms with E-state index in [4.69, 9.17) is 9.47 Å². The first kappa shape index (κ1) is 18.5. The van der Waals surface area contributed by atoms with Gasteiger partial charge in [0.2, 0.25) is 12.7 Å². The molecular weight excluding hydrogens is 366 g/mol. The molecule has 3 aliphatic heterocycles. The lowest BCUT2D eigenvalue weighted by atomic mass is 10.1. The summed E-state index contributed by atoms with van der Waals surface area (Å²) >= 11 is 0. The molecule has 2 aromatic rings. The summed E-state index contributed by atoms with van der Waals surface area (Å²) in [5, 5.41) is 0. The van der Waals surface area contributed by atoms with Gasteiger partial charge in [0.15, 0.2) is 11.5 Å². The van der Waals surface area contributed by atoms with Gasteiger partial charge >= 0.3 is 0 Å². The van der Waals surface area contributed by atoms with Gasteiger partial charge in [-0.05, 0) is 42.7 Å². The fourth-order valence-electron chi connectivity index (χ4n) is 4.62. The number of nitrogens with zero attached hydrogens (tertiary/aromatic N) is 3. The molecule has 0 radical (unpaired) electrons. The Labute approximate surface area is 171 Å². The van der Waals surface area contributed by atoms with E-state index in [1.165, 1.54) is 11.1 Å². The molecule has 3 heterocycles. The average molecular weight is 393 g/mol. The number of fused-ring (bicyclic) bond motifs is 2. The summed E-state index contributed by atoms with van der Waals surface area (Å²) < 4.78 is 10.9. The van der Waals surface area contributed by atoms with Gasteiger partial charge in [-0.2, -0.15) is 0 Å². The van der Waals surface area contributed by atoms with Gasteiger partial charge in [-0.15, -0.1) is 0 Å². The number of piperazine rings is 1. The Morgan fingerprint density at radius 2 is 1.76 bits per heavy atom. The molecule has 1 amide bonds. The van der Waals surface area contributed by atoms with Crippen LogP contribution in [0.3, 0.4) is 0 Å². The van der Waals surface area contributed by atoms with E-state index in [1.807, 2.05) is 17.0 Å². The van der Waals surface area contributed by atoms with Gasteiger partial charge in [-0.3, -0.25) is 14.6 Å². The molecule has 152 valence electrons. The Hall–Kier alpha value is -2.57. The number of anilines is 1. The number of ether oxygens (including phenoxy) is 2. The number of benzene rings is 2. The summed E-state index contributed by atoms with van der Waals surface area (Å²) in [6.07, 6.45) is 0.950. The van der Waals surface area contributed by atoms with E-state index in [9.17, 15) is 4.79 Å². The first-order valence-electron chi connectivity index (χ1n) is 10.4. The van der Waals surface area contributed by atoms with E-state index in [0.717, 1.165) is 56.3 Å². The lowest BCUT2D eigenvalue weighted by Gasteiger charge is -2.35. The van der Waals surface area contributed by atoms with Crippen molar-refractivity contribution in [3.05, 3.63) is 53.6 Å². The van der Waals surface area contributed by atoms with Crippen LogP contribution in [0, 0.1) is 0 Å². The highest BCUT2D eigenvalue weighted by molar-refractivity contribution is 5.97. The van der Waals surface area contributed by atoms with Crippen molar-refractivity contribution in [3.8, 4) is 11.5 Å². The van der Waals surface area contributed by atoms with Gasteiger partial charge in [0.25, 0.3) is 0 Å². The summed E-state index contributed by atoms with van der Waals surface area (Å²) in [5.41, 5.74) is 3.61. The quantitative estimate of drug-likeness (QED) is 0.799. The molecule has 5 rings (SSSR count). The number of amides is 1. The zero-order valence-corrected chi connectivity index (χ0v) is 16.8. The van der Waals surface area contributed by atoms with Crippen LogP contribution in [0.4, 0.5) is 5.69 Å². The molecule has 0 bridgehead atoms. The van der Waals surface area contributed by atoms with Crippen LogP contribution >= 0.6 is 0 Å². The van der Waals surface area contributed by atoms with E-state index < -0.39 is 0 Å². The largest absolute Gasteiger partial charge is 0.454 e. The predicted octanol–water partition coefficient (Wildman–Crippen LogP) is 2.51. The fraction of sp³-hybridized carbons (Fsp3) is 0.435. The second-order valence-corrected chi connectivity index (χ2v) is 8.19. The highest BCUT2D eigenvalue weighted by atomic mass is 16.7. The Morgan fingerprint density at radius 3 is 2.62 bits per heavy atom. The highest BCUT2D eigenvalue weighted by Crippen LogP contribution is 2.33. The van der Waals surface area contributed by atoms with Crippen LogP contribution in [0.2, 0.25) is 0 Å². The average Bonchev–Trinajstić information content (AvgIpc) is 3.32. The van der Waals surface area contributed by atoms with E-state index in [1.54, 1.807) is 0 Å². The summed E-state index contributed by atoms with van der Waals surface area (Å²) in [4.78, 5) is 19.7. The van der Waals surface area contributed by atoms with E-state index in [0.29, 0.717) is 13.3 Å². The van der Waals surface area contributed by atoms with Crippen LogP contribution in [0.15, 0.2) is 42.5 Å². The van der Waals surface area contributed by atoms with Gasteiger partial charge < -0.3 is 14.4 Å². The van der Waals surface area contributed by atoms with Crippen LogP contribution in [0.25, 0.3) is 0 Å². The van der Waals surface area contributed by atoms with Crippen LogP contribution in [-0.4, -0.2) is 61.3 Å². The molecule has 1 atom stereocenters. The first-order valence-corrected chi connectivity index (χ1v) is 10.4. The number of carbonyl (C=O) groups excluding carboxylic acids is 1. The zero-order chi connectivity index (χ0) is 19.8. The summed E-state index contributed by atoms with van der Waals surface area (Å²) in [5.74, 6) is 1.88. The Kier molecular flexibility index (Phi) is 4.89. The monoisotopic (exact) mass is 393 g/mol. The molecule has 0 N–H and O–H groups in total. The lowest BCUT2D eigenvalue weighted by molar-refractivity contribution is -0.120. The maximum absolute atomic E-state index is 13.0. The highest BCUT2D eigenvalue weighted by Gasteiger charge is 2.31. The Morgan fingerprint density at radius 1 is 1.00 bits per heavy atom. The number of rotatable bonds is 4. The SMILES string of the molecule is C[C@@H]1Cc2ccccc2N1C(=O)CN1CCN(Cc2ccc3c(c2)OCO3)CC1. The molecule has 6 heteroatoms. The van der Waals surface area contributed by atoms with Gasteiger partial charge in [-0.25, -0.2) is 0 Å². The van der Waals surface area contributed by atoms with Gasteiger partial charge in [-0.1, -0.05) is 24.3 Å². The maximum atomic E-state index is 13.0. The standard InChI is InChI=1S/C23H27N3O3/c1-17-12-19-4-2-3-5-20(19)26(17)23(27)15-25-10-8-24(9-11-25)14-18-6-7-21-22(13-18)29-16-28-21/h2-7,13,17H,8-12,14-16H2,1H3/t17-/m1/s1. The number of hydrogen-bond donors (Lipinski definition) is 0. The molecule has 1 saturated heterocycles. The summed E-state index contributed by atoms with van der Waals surface area (Å²) in [7, 11) is 0. The number of para-hydroxylation sites is 1. The molecule has 0 unspecified atom stereocenters. The minimum absolute atomic E-state index is 0.215. The fourth-order valence-corrected chi connectivity index (χ4v) is 4.62. The first-order chi connectivity index (χ1) is 14.2. The van der Waals surface area contributed by atoms with Crippen molar-refractivity contribution in [1.82, 2.24) is 9.80 Å². The Bertz CT molecular complexity index is 908. The molecular formula is C23H27N3O3. The van der Waals surface area contributed by atoms with Crippen molar-refractivity contribution in [2.45, 2.75) is 25.9 Å². The van der Waals surface area contributed by atoms with E-state index >= 15 is 0 Å². The Balaban J connectivity index is 1.15.